The van der Waals surface area contributed by atoms with E-state index in [1.54, 1.807) is 24.3 Å². The first-order valence-electron chi connectivity index (χ1n) is 10.1. The zero-order valence-corrected chi connectivity index (χ0v) is 18.2. The standard InChI is InChI=1S/C20H26N2O6S2/c23-29(24,21-13-15-5-3-11-27-15)19-9-1-7-17-18(19)8-2-10-20(17)30(25,26)22-14-16-6-4-12-28-16/h1-2,7-10,15-16,21-22H,3-6,11-14H2/t15-,16-/m1/s1. The minimum atomic E-state index is -3.83. The molecule has 2 aliphatic rings. The van der Waals surface area contributed by atoms with Crippen molar-refractivity contribution in [3.05, 3.63) is 36.4 Å². The first-order valence-corrected chi connectivity index (χ1v) is 13.1. The third-order valence-electron chi connectivity index (χ3n) is 5.47. The van der Waals surface area contributed by atoms with Crippen LogP contribution in [0, 0.1) is 0 Å². The number of hydrogen-bond acceptors (Lipinski definition) is 6. The summed E-state index contributed by atoms with van der Waals surface area (Å²) >= 11 is 0. The lowest BCUT2D eigenvalue weighted by Crippen LogP contribution is -2.32. The molecule has 164 valence electrons. The van der Waals surface area contributed by atoms with E-state index in [9.17, 15) is 16.8 Å². The van der Waals surface area contributed by atoms with E-state index >= 15 is 0 Å². The zero-order chi connectivity index (χ0) is 21.2. The second-order valence-corrected chi connectivity index (χ2v) is 11.1. The maximum absolute atomic E-state index is 12.9. The molecule has 0 aliphatic carbocycles. The minimum absolute atomic E-state index is 0.0502. The van der Waals surface area contributed by atoms with Crippen molar-refractivity contribution in [3.63, 3.8) is 0 Å². The lowest BCUT2D eigenvalue weighted by molar-refractivity contribution is 0.114. The summed E-state index contributed by atoms with van der Waals surface area (Å²) in [4.78, 5) is 0.100. The molecule has 2 aromatic carbocycles. The number of ether oxygens (including phenoxy) is 2. The average molecular weight is 455 g/mol. The van der Waals surface area contributed by atoms with Crippen LogP contribution in [0.3, 0.4) is 0 Å². The molecule has 0 amide bonds. The van der Waals surface area contributed by atoms with Gasteiger partial charge in [-0.05, 0) is 37.8 Å². The Morgan fingerprint density at radius 2 is 1.17 bits per heavy atom. The minimum Gasteiger partial charge on any atom is -0.377 e. The molecular weight excluding hydrogens is 428 g/mol. The molecule has 2 heterocycles. The average Bonchev–Trinajstić information content (AvgIpc) is 3.44. The van der Waals surface area contributed by atoms with Crippen LogP contribution in [-0.4, -0.2) is 55.3 Å². The highest BCUT2D eigenvalue weighted by Crippen LogP contribution is 2.28. The van der Waals surface area contributed by atoms with Crippen molar-refractivity contribution in [2.75, 3.05) is 26.3 Å². The summed E-state index contributed by atoms with van der Waals surface area (Å²) in [6.45, 7) is 1.67. The van der Waals surface area contributed by atoms with E-state index in [1.165, 1.54) is 12.1 Å². The van der Waals surface area contributed by atoms with Crippen LogP contribution in [0.15, 0.2) is 46.2 Å². The summed E-state index contributed by atoms with van der Waals surface area (Å²) in [6.07, 6.45) is 3.20. The Morgan fingerprint density at radius 3 is 1.53 bits per heavy atom. The lowest BCUT2D eigenvalue weighted by atomic mass is 10.1. The van der Waals surface area contributed by atoms with Gasteiger partial charge in [-0.3, -0.25) is 0 Å². The molecule has 10 heteroatoms. The van der Waals surface area contributed by atoms with E-state index in [1.807, 2.05) is 0 Å². The molecule has 2 aromatic rings. The summed E-state index contributed by atoms with van der Waals surface area (Å²) in [5.41, 5.74) is 0. The van der Waals surface area contributed by atoms with Crippen LogP contribution < -0.4 is 9.44 Å². The van der Waals surface area contributed by atoms with Crippen molar-refractivity contribution >= 4 is 30.8 Å². The Hall–Kier alpha value is -1.56. The van der Waals surface area contributed by atoms with Crippen molar-refractivity contribution in [2.24, 2.45) is 0 Å². The van der Waals surface area contributed by atoms with Gasteiger partial charge in [0.2, 0.25) is 20.0 Å². The van der Waals surface area contributed by atoms with E-state index in [2.05, 4.69) is 9.44 Å². The third-order valence-corrected chi connectivity index (χ3v) is 8.43. The monoisotopic (exact) mass is 454 g/mol. The Bertz CT molecular complexity index is 1020. The van der Waals surface area contributed by atoms with Gasteiger partial charge in [-0.2, -0.15) is 0 Å². The first kappa shape index (κ1) is 21.7. The molecular formula is C20H26N2O6S2. The molecule has 2 saturated heterocycles. The molecule has 30 heavy (non-hydrogen) atoms. The van der Waals surface area contributed by atoms with E-state index < -0.39 is 20.0 Å². The third kappa shape index (κ3) is 4.68. The van der Waals surface area contributed by atoms with E-state index in [-0.39, 0.29) is 35.1 Å². The number of rotatable bonds is 8. The van der Waals surface area contributed by atoms with Crippen molar-refractivity contribution < 1.29 is 26.3 Å². The molecule has 2 fully saturated rings. The number of fused-ring (bicyclic) bond motifs is 1. The molecule has 4 rings (SSSR count). The molecule has 0 bridgehead atoms. The van der Waals surface area contributed by atoms with Gasteiger partial charge in [0.25, 0.3) is 0 Å². The Morgan fingerprint density at radius 1 is 0.733 bits per heavy atom. The SMILES string of the molecule is O=S(=O)(NC[C@H]1CCCO1)c1cccc2c(S(=O)(=O)NC[C@H]3CCCO3)cccc12. The van der Waals surface area contributed by atoms with Gasteiger partial charge in [0.1, 0.15) is 0 Å². The van der Waals surface area contributed by atoms with Crippen LogP contribution in [-0.2, 0) is 29.5 Å². The van der Waals surface area contributed by atoms with E-state index in [4.69, 9.17) is 9.47 Å². The molecule has 2 aliphatic heterocycles. The second kappa shape index (κ2) is 8.89. The molecule has 0 aromatic heterocycles. The predicted molar refractivity (Wildman–Crippen MR) is 112 cm³/mol. The highest BCUT2D eigenvalue weighted by atomic mass is 32.2. The number of sulfonamides is 2. The van der Waals surface area contributed by atoms with Gasteiger partial charge in [0.05, 0.1) is 22.0 Å². The normalized spacial score (nSPS) is 22.7. The van der Waals surface area contributed by atoms with Crippen LogP contribution in [0.25, 0.3) is 10.8 Å². The van der Waals surface area contributed by atoms with E-state index in [0.29, 0.717) is 24.0 Å². The molecule has 0 radical (unpaired) electrons. The summed E-state index contributed by atoms with van der Waals surface area (Å²) in [6, 6.07) is 9.32. The molecule has 2 N–H and O–H groups in total. The van der Waals surface area contributed by atoms with E-state index in [0.717, 1.165) is 25.7 Å². The van der Waals surface area contributed by atoms with Gasteiger partial charge in [0, 0.05) is 37.1 Å². The quantitative estimate of drug-likeness (QED) is 0.629. The summed E-state index contributed by atoms with van der Waals surface area (Å²) in [5.74, 6) is 0. The largest absolute Gasteiger partial charge is 0.377 e. The summed E-state index contributed by atoms with van der Waals surface area (Å²) in [7, 11) is -7.65. The zero-order valence-electron chi connectivity index (χ0n) is 16.5. The second-order valence-electron chi connectivity index (χ2n) is 7.58. The molecule has 0 spiro atoms. The molecule has 2 atom stereocenters. The molecule has 0 saturated carbocycles. The van der Waals surface area contributed by atoms with Crippen LogP contribution >= 0.6 is 0 Å². The first-order chi connectivity index (χ1) is 14.4. The maximum atomic E-state index is 12.9. The smallest absolute Gasteiger partial charge is 0.241 e. The van der Waals surface area contributed by atoms with Crippen molar-refractivity contribution in [1.82, 2.24) is 9.44 Å². The van der Waals surface area contributed by atoms with Crippen LogP contribution in [0.5, 0.6) is 0 Å². The fourth-order valence-electron chi connectivity index (χ4n) is 3.89. The Labute approximate surface area is 177 Å². The van der Waals surface area contributed by atoms with Gasteiger partial charge < -0.3 is 9.47 Å². The van der Waals surface area contributed by atoms with Crippen molar-refractivity contribution in [1.29, 1.82) is 0 Å². The number of benzene rings is 2. The number of nitrogens with one attached hydrogen (secondary N) is 2. The van der Waals surface area contributed by atoms with Gasteiger partial charge in [-0.15, -0.1) is 0 Å². The van der Waals surface area contributed by atoms with Gasteiger partial charge >= 0.3 is 0 Å². The summed E-state index contributed by atoms with van der Waals surface area (Å²) < 4.78 is 67.8. The highest BCUT2D eigenvalue weighted by Gasteiger charge is 2.25. The van der Waals surface area contributed by atoms with Gasteiger partial charge in [0.15, 0.2) is 0 Å². The van der Waals surface area contributed by atoms with Gasteiger partial charge in [-0.1, -0.05) is 24.3 Å². The maximum Gasteiger partial charge on any atom is 0.241 e. The molecule has 0 unspecified atom stereocenters. The fourth-order valence-corrected chi connectivity index (χ4v) is 6.46. The summed E-state index contributed by atoms with van der Waals surface area (Å²) in [5, 5.41) is 0.717. The highest BCUT2D eigenvalue weighted by molar-refractivity contribution is 7.90. The Kier molecular flexibility index (Phi) is 6.42. The van der Waals surface area contributed by atoms with Gasteiger partial charge in [-0.25, -0.2) is 26.3 Å². The topological polar surface area (TPSA) is 111 Å². The predicted octanol–water partition coefficient (Wildman–Crippen LogP) is 1.75. The van der Waals surface area contributed by atoms with Crippen LogP contribution in [0.4, 0.5) is 0 Å². The fraction of sp³-hybridized carbons (Fsp3) is 0.500. The van der Waals surface area contributed by atoms with Crippen molar-refractivity contribution in [3.8, 4) is 0 Å². The number of hydrogen-bond donors (Lipinski definition) is 2. The van der Waals surface area contributed by atoms with Crippen molar-refractivity contribution in [2.45, 2.75) is 47.7 Å². The Balaban J connectivity index is 1.62. The van der Waals surface area contributed by atoms with Crippen LogP contribution in [0.2, 0.25) is 0 Å². The molecule has 8 nitrogen and oxygen atoms in total. The lowest BCUT2D eigenvalue weighted by Gasteiger charge is -2.15. The van der Waals surface area contributed by atoms with Crippen LogP contribution in [0.1, 0.15) is 25.7 Å².